The predicted octanol–water partition coefficient (Wildman–Crippen LogP) is 2.70. The van der Waals surface area contributed by atoms with Gasteiger partial charge in [-0.1, -0.05) is 32.6 Å². The van der Waals surface area contributed by atoms with Crippen molar-refractivity contribution in [3.8, 4) is 0 Å². The standard InChI is InChI=1S/C19H31N5O/c1-3-23-10-12-24(13-11-23)18(25)17-14-15(2)20-19(22-17)21-16-8-6-4-5-7-9-16/h14,16H,3-13H2,1-2H3,(H,20,21,22). The van der Waals surface area contributed by atoms with E-state index in [1.807, 2.05) is 17.9 Å². The number of nitrogens with zero attached hydrogens (tertiary/aromatic N) is 4. The molecule has 0 aromatic carbocycles. The molecule has 6 heteroatoms. The maximum Gasteiger partial charge on any atom is 0.272 e. The lowest BCUT2D eigenvalue weighted by Gasteiger charge is -2.33. The number of hydrogen-bond acceptors (Lipinski definition) is 5. The van der Waals surface area contributed by atoms with Crippen LogP contribution >= 0.6 is 0 Å². The molecule has 1 aliphatic carbocycles. The van der Waals surface area contributed by atoms with Crippen LogP contribution in [0.3, 0.4) is 0 Å². The molecule has 1 aliphatic heterocycles. The van der Waals surface area contributed by atoms with Crippen LogP contribution in [0.1, 0.15) is 61.6 Å². The number of aryl methyl sites for hydroxylation is 1. The number of amides is 1. The molecular weight excluding hydrogens is 314 g/mol. The maximum absolute atomic E-state index is 12.8. The third-order valence-corrected chi connectivity index (χ3v) is 5.37. The number of hydrogen-bond donors (Lipinski definition) is 1. The van der Waals surface area contributed by atoms with Gasteiger partial charge in [0.1, 0.15) is 5.69 Å². The zero-order valence-corrected chi connectivity index (χ0v) is 15.6. The lowest BCUT2D eigenvalue weighted by atomic mass is 10.1. The van der Waals surface area contributed by atoms with Crippen LogP contribution in [-0.2, 0) is 0 Å². The Bertz CT molecular complexity index is 575. The summed E-state index contributed by atoms with van der Waals surface area (Å²) >= 11 is 0. The molecule has 0 atom stereocenters. The minimum atomic E-state index is 0.0326. The fourth-order valence-electron chi connectivity index (χ4n) is 3.78. The summed E-state index contributed by atoms with van der Waals surface area (Å²) in [5.74, 6) is 0.646. The van der Waals surface area contributed by atoms with Crippen LogP contribution in [0.2, 0.25) is 0 Å². The molecular formula is C19H31N5O. The highest BCUT2D eigenvalue weighted by Crippen LogP contribution is 2.20. The van der Waals surface area contributed by atoms with E-state index in [1.165, 1.54) is 38.5 Å². The van der Waals surface area contributed by atoms with Gasteiger partial charge in [0.05, 0.1) is 0 Å². The van der Waals surface area contributed by atoms with E-state index in [0.29, 0.717) is 17.7 Å². The summed E-state index contributed by atoms with van der Waals surface area (Å²) in [7, 11) is 0. The molecule has 138 valence electrons. The van der Waals surface area contributed by atoms with Crippen molar-refractivity contribution in [1.29, 1.82) is 0 Å². The van der Waals surface area contributed by atoms with Crippen molar-refractivity contribution < 1.29 is 4.79 Å². The zero-order valence-electron chi connectivity index (χ0n) is 15.6. The van der Waals surface area contributed by atoms with Crippen molar-refractivity contribution in [2.75, 3.05) is 38.0 Å². The second kappa shape index (κ2) is 8.61. The number of carbonyl (C=O) groups is 1. The molecule has 25 heavy (non-hydrogen) atoms. The molecule has 1 amide bonds. The van der Waals surface area contributed by atoms with E-state index in [2.05, 4.69) is 27.1 Å². The molecule has 1 saturated heterocycles. The predicted molar refractivity (Wildman–Crippen MR) is 99.9 cm³/mol. The Hall–Kier alpha value is -1.69. The lowest BCUT2D eigenvalue weighted by Crippen LogP contribution is -2.48. The third-order valence-electron chi connectivity index (χ3n) is 5.37. The summed E-state index contributed by atoms with van der Waals surface area (Å²) < 4.78 is 0. The number of likely N-dealkylation sites (N-methyl/N-ethyl adjacent to an activating group) is 1. The summed E-state index contributed by atoms with van der Waals surface area (Å²) in [4.78, 5) is 26.2. The molecule has 2 aliphatic rings. The van der Waals surface area contributed by atoms with Crippen molar-refractivity contribution in [3.63, 3.8) is 0 Å². The van der Waals surface area contributed by atoms with E-state index in [1.54, 1.807) is 0 Å². The van der Waals surface area contributed by atoms with Crippen molar-refractivity contribution >= 4 is 11.9 Å². The zero-order chi connectivity index (χ0) is 17.6. The van der Waals surface area contributed by atoms with Crippen LogP contribution in [0.4, 0.5) is 5.95 Å². The van der Waals surface area contributed by atoms with E-state index in [0.717, 1.165) is 38.4 Å². The highest BCUT2D eigenvalue weighted by molar-refractivity contribution is 5.92. The maximum atomic E-state index is 12.8. The van der Waals surface area contributed by atoms with Crippen LogP contribution in [0, 0.1) is 6.92 Å². The van der Waals surface area contributed by atoms with Crippen molar-refractivity contribution in [2.45, 2.75) is 58.4 Å². The fraction of sp³-hybridized carbons (Fsp3) is 0.737. The molecule has 0 bridgehead atoms. The van der Waals surface area contributed by atoms with Gasteiger partial charge in [0, 0.05) is 37.9 Å². The molecule has 2 heterocycles. The molecule has 0 unspecified atom stereocenters. The van der Waals surface area contributed by atoms with Crippen molar-refractivity contribution in [1.82, 2.24) is 19.8 Å². The quantitative estimate of drug-likeness (QED) is 0.850. The van der Waals surface area contributed by atoms with Crippen LogP contribution in [0.5, 0.6) is 0 Å². The topological polar surface area (TPSA) is 61.4 Å². The third kappa shape index (κ3) is 4.91. The van der Waals surface area contributed by atoms with Gasteiger partial charge in [0.2, 0.25) is 5.95 Å². The highest BCUT2D eigenvalue weighted by Gasteiger charge is 2.23. The van der Waals surface area contributed by atoms with Gasteiger partial charge in [0.15, 0.2) is 0 Å². The monoisotopic (exact) mass is 345 g/mol. The van der Waals surface area contributed by atoms with E-state index < -0.39 is 0 Å². The SMILES string of the molecule is CCN1CCN(C(=O)c2cc(C)nc(NC3CCCCCC3)n2)CC1. The smallest absolute Gasteiger partial charge is 0.272 e. The fourth-order valence-corrected chi connectivity index (χ4v) is 3.78. The van der Waals surface area contributed by atoms with Gasteiger partial charge in [-0.05, 0) is 32.4 Å². The number of anilines is 1. The Morgan fingerprint density at radius 3 is 2.44 bits per heavy atom. The second-order valence-electron chi connectivity index (χ2n) is 7.28. The first-order valence-electron chi connectivity index (χ1n) is 9.79. The molecule has 0 radical (unpaired) electrons. The summed E-state index contributed by atoms with van der Waals surface area (Å²) in [5.41, 5.74) is 1.37. The lowest BCUT2D eigenvalue weighted by molar-refractivity contribution is 0.0637. The first-order valence-corrected chi connectivity index (χ1v) is 9.79. The Labute approximate surface area is 151 Å². The first kappa shape index (κ1) is 18.1. The van der Waals surface area contributed by atoms with Crippen molar-refractivity contribution in [3.05, 3.63) is 17.5 Å². The van der Waals surface area contributed by atoms with Gasteiger partial charge in [-0.15, -0.1) is 0 Å². The highest BCUT2D eigenvalue weighted by atomic mass is 16.2. The van der Waals surface area contributed by atoms with Crippen LogP contribution in [0.25, 0.3) is 0 Å². The summed E-state index contributed by atoms with van der Waals surface area (Å²) in [6.07, 6.45) is 7.49. The van der Waals surface area contributed by atoms with Gasteiger partial charge in [-0.25, -0.2) is 9.97 Å². The average molecular weight is 345 g/mol. The van der Waals surface area contributed by atoms with E-state index >= 15 is 0 Å². The Kier molecular flexibility index (Phi) is 6.24. The molecule has 1 N–H and O–H groups in total. The number of piperazine rings is 1. The van der Waals surface area contributed by atoms with Gasteiger partial charge >= 0.3 is 0 Å². The van der Waals surface area contributed by atoms with Crippen LogP contribution in [-0.4, -0.2) is 64.4 Å². The number of rotatable bonds is 4. The van der Waals surface area contributed by atoms with E-state index in [-0.39, 0.29) is 5.91 Å². The molecule has 2 fully saturated rings. The molecule has 1 aromatic heterocycles. The second-order valence-corrected chi connectivity index (χ2v) is 7.28. The average Bonchev–Trinajstić information content (AvgIpc) is 2.89. The molecule has 0 spiro atoms. The normalized spacial score (nSPS) is 20.3. The van der Waals surface area contributed by atoms with E-state index in [4.69, 9.17) is 0 Å². The largest absolute Gasteiger partial charge is 0.351 e. The summed E-state index contributed by atoms with van der Waals surface area (Å²) in [6.45, 7) is 8.59. The minimum Gasteiger partial charge on any atom is -0.351 e. The molecule has 1 saturated carbocycles. The molecule has 1 aromatic rings. The van der Waals surface area contributed by atoms with Gasteiger partial charge in [-0.2, -0.15) is 0 Å². The first-order chi connectivity index (χ1) is 12.2. The van der Waals surface area contributed by atoms with Crippen molar-refractivity contribution in [2.24, 2.45) is 0 Å². The molecule has 3 rings (SSSR count). The Balaban J connectivity index is 1.67. The minimum absolute atomic E-state index is 0.0326. The number of aromatic nitrogens is 2. The number of nitrogens with one attached hydrogen (secondary N) is 1. The Morgan fingerprint density at radius 2 is 1.80 bits per heavy atom. The van der Waals surface area contributed by atoms with Crippen LogP contribution in [0.15, 0.2) is 6.07 Å². The number of carbonyl (C=O) groups excluding carboxylic acids is 1. The van der Waals surface area contributed by atoms with E-state index in [9.17, 15) is 4.79 Å². The molecule has 6 nitrogen and oxygen atoms in total. The Morgan fingerprint density at radius 1 is 1.12 bits per heavy atom. The van der Waals surface area contributed by atoms with Gasteiger partial charge in [-0.3, -0.25) is 4.79 Å². The summed E-state index contributed by atoms with van der Waals surface area (Å²) in [6, 6.07) is 2.24. The summed E-state index contributed by atoms with van der Waals surface area (Å²) in [5, 5.41) is 3.47. The van der Waals surface area contributed by atoms with Gasteiger partial charge < -0.3 is 15.1 Å². The van der Waals surface area contributed by atoms with Gasteiger partial charge in [0.25, 0.3) is 5.91 Å². The van der Waals surface area contributed by atoms with Crippen LogP contribution < -0.4 is 5.32 Å².